The number of carbonyl (C=O) groups excluding carboxylic acids is 1. The number of ether oxygens (including phenoxy) is 1. The molecule has 1 N–H and O–H groups in total. The number of esters is 1. The second kappa shape index (κ2) is 7.22. The van der Waals surface area contributed by atoms with E-state index in [0.717, 1.165) is 25.7 Å². The largest absolute Gasteiger partial charge is 0.454 e. The molecule has 0 radical (unpaired) electrons. The van der Waals surface area contributed by atoms with E-state index in [2.05, 4.69) is 30.7 Å². The Hall–Kier alpha value is -2.17. The fourth-order valence-corrected chi connectivity index (χ4v) is 3.82. The molecule has 26 heavy (non-hydrogen) atoms. The second-order valence-corrected chi connectivity index (χ2v) is 8.46. The van der Waals surface area contributed by atoms with E-state index in [9.17, 15) is 9.59 Å². The first-order valence-corrected chi connectivity index (χ1v) is 9.45. The number of fused-ring (bicyclic) bond motifs is 1. The number of benzene rings is 1. The van der Waals surface area contributed by atoms with Gasteiger partial charge in [-0.3, -0.25) is 9.59 Å². The van der Waals surface area contributed by atoms with Gasteiger partial charge in [-0.1, -0.05) is 32.9 Å². The zero-order valence-electron chi connectivity index (χ0n) is 16.0. The van der Waals surface area contributed by atoms with E-state index in [1.165, 1.54) is 0 Å². The Morgan fingerprint density at radius 1 is 1.19 bits per heavy atom. The molecule has 140 valence electrons. The fourth-order valence-electron chi connectivity index (χ4n) is 3.82. The summed E-state index contributed by atoms with van der Waals surface area (Å²) >= 11 is 0. The van der Waals surface area contributed by atoms with Gasteiger partial charge in [0.05, 0.1) is 16.8 Å². The lowest BCUT2D eigenvalue weighted by atomic mass is 9.70. The van der Waals surface area contributed by atoms with Gasteiger partial charge < -0.3 is 9.72 Å². The highest BCUT2D eigenvalue weighted by molar-refractivity contribution is 5.77. The molecule has 0 amide bonds. The molecule has 1 saturated carbocycles. The van der Waals surface area contributed by atoms with Gasteiger partial charge >= 0.3 is 5.97 Å². The van der Waals surface area contributed by atoms with Crippen molar-refractivity contribution in [2.24, 2.45) is 17.3 Å². The predicted molar refractivity (Wildman–Crippen MR) is 102 cm³/mol. The van der Waals surface area contributed by atoms with E-state index < -0.39 is 6.10 Å². The van der Waals surface area contributed by atoms with Gasteiger partial charge in [0.1, 0.15) is 0 Å². The summed E-state index contributed by atoms with van der Waals surface area (Å²) in [6.45, 7) is 8.55. The van der Waals surface area contributed by atoms with Crippen LogP contribution < -0.4 is 5.56 Å². The molecular formula is C21H28N2O3. The van der Waals surface area contributed by atoms with Crippen LogP contribution in [0.3, 0.4) is 0 Å². The van der Waals surface area contributed by atoms with Gasteiger partial charge in [0.25, 0.3) is 5.56 Å². The van der Waals surface area contributed by atoms with E-state index in [4.69, 9.17) is 4.74 Å². The monoisotopic (exact) mass is 356 g/mol. The summed E-state index contributed by atoms with van der Waals surface area (Å²) in [4.78, 5) is 31.9. The number of H-pyrrole nitrogens is 1. The van der Waals surface area contributed by atoms with E-state index in [1.807, 2.05) is 6.07 Å². The van der Waals surface area contributed by atoms with Gasteiger partial charge in [-0.15, -0.1) is 0 Å². The highest BCUT2D eigenvalue weighted by atomic mass is 16.5. The molecule has 1 aromatic heterocycles. The van der Waals surface area contributed by atoms with E-state index in [-0.39, 0.29) is 22.9 Å². The lowest BCUT2D eigenvalue weighted by Crippen LogP contribution is -2.30. The number of hydrogen-bond acceptors (Lipinski definition) is 4. The van der Waals surface area contributed by atoms with Gasteiger partial charge in [0.15, 0.2) is 11.9 Å². The topological polar surface area (TPSA) is 72.0 Å². The average molecular weight is 356 g/mol. The SMILES string of the molecule is C[C@@H](OC(=O)C1CCC(C(C)(C)C)CC1)c1nc2ccccc2c(=O)[nH]1. The quantitative estimate of drug-likeness (QED) is 0.829. The second-order valence-electron chi connectivity index (χ2n) is 8.46. The summed E-state index contributed by atoms with van der Waals surface area (Å²) in [6, 6.07) is 7.16. The summed E-state index contributed by atoms with van der Waals surface area (Å²) in [5.41, 5.74) is 0.690. The van der Waals surface area contributed by atoms with Gasteiger partial charge in [0.2, 0.25) is 0 Å². The molecule has 0 saturated heterocycles. The average Bonchev–Trinajstić information content (AvgIpc) is 2.61. The summed E-state index contributed by atoms with van der Waals surface area (Å²) in [5.74, 6) is 0.816. The van der Waals surface area contributed by atoms with Crippen molar-refractivity contribution in [3.8, 4) is 0 Å². The Morgan fingerprint density at radius 2 is 1.85 bits per heavy atom. The van der Waals surface area contributed by atoms with Crippen molar-refractivity contribution >= 4 is 16.9 Å². The highest BCUT2D eigenvalue weighted by Crippen LogP contribution is 2.40. The standard InChI is InChI=1S/C21H28N2O3/c1-13(18-22-17-8-6-5-7-16(17)19(24)23-18)26-20(25)14-9-11-15(12-10-14)21(2,3)4/h5-8,13-15H,9-12H2,1-4H3,(H,22,23,24)/t13-,14?,15?/m1/s1. The fraction of sp³-hybridized carbons (Fsp3) is 0.571. The minimum Gasteiger partial charge on any atom is -0.454 e. The van der Waals surface area contributed by atoms with Crippen LogP contribution in [0.5, 0.6) is 0 Å². The molecule has 1 heterocycles. The third-order valence-corrected chi connectivity index (χ3v) is 5.59. The third kappa shape index (κ3) is 3.97. The maximum absolute atomic E-state index is 12.5. The Kier molecular flexibility index (Phi) is 5.17. The number of carbonyl (C=O) groups is 1. The molecule has 5 nitrogen and oxygen atoms in total. The zero-order chi connectivity index (χ0) is 18.9. The molecule has 1 aliphatic carbocycles. The number of nitrogens with one attached hydrogen (secondary N) is 1. The number of para-hydroxylation sites is 1. The van der Waals surface area contributed by atoms with E-state index >= 15 is 0 Å². The van der Waals surface area contributed by atoms with Crippen molar-refractivity contribution in [2.75, 3.05) is 0 Å². The van der Waals surface area contributed by atoms with E-state index in [0.29, 0.717) is 22.6 Å². The lowest BCUT2D eigenvalue weighted by molar-refractivity contribution is -0.155. The van der Waals surface area contributed by atoms with Gasteiger partial charge in [0, 0.05) is 0 Å². The summed E-state index contributed by atoms with van der Waals surface area (Å²) < 4.78 is 5.63. The molecule has 1 atom stereocenters. The van der Waals surface area contributed by atoms with Crippen molar-refractivity contribution < 1.29 is 9.53 Å². The predicted octanol–water partition coefficient (Wildman–Crippen LogP) is 4.38. The number of nitrogens with zero attached hydrogens (tertiary/aromatic N) is 1. The number of hydrogen-bond donors (Lipinski definition) is 1. The van der Waals surface area contributed by atoms with Crippen LogP contribution in [-0.2, 0) is 9.53 Å². The molecule has 3 rings (SSSR count). The van der Waals surface area contributed by atoms with Crippen LogP contribution >= 0.6 is 0 Å². The summed E-state index contributed by atoms with van der Waals surface area (Å²) in [7, 11) is 0. The van der Waals surface area contributed by atoms with Crippen molar-refractivity contribution in [3.05, 3.63) is 40.4 Å². The molecule has 0 bridgehead atoms. The Labute approximate surface area is 154 Å². The molecule has 0 unspecified atom stereocenters. The van der Waals surface area contributed by atoms with Crippen LogP contribution in [0.4, 0.5) is 0 Å². The van der Waals surface area contributed by atoms with Gasteiger partial charge in [-0.2, -0.15) is 0 Å². The van der Waals surface area contributed by atoms with Crippen molar-refractivity contribution in [2.45, 2.75) is 59.5 Å². The Bertz CT molecular complexity index is 842. The third-order valence-electron chi connectivity index (χ3n) is 5.59. The minimum atomic E-state index is -0.569. The van der Waals surface area contributed by atoms with Crippen LogP contribution in [-0.4, -0.2) is 15.9 Å². The zero-order valence-corrected chi connectivity index (χ0v) is 16.0. The van der Waals surface area contributed by atoms with Crippen molar-refractivity contribution in [3.63, 3.8) is 0 Å². The van der Waals surface area contributed by atoms with E-state index in [1.54, 1.807) is 25.1 Å². The highest BCUT2D eigenvalue weighted by Gasteiger charge is 2.33. The lowest BCUT2D eigenvalue weighted by Gasteiger charge is -2.36. The van der Waals surface area contributed by atoms with Crippen LogP contribution in [0.1, 0.15) is 65.3 Å². The number of rotatable bonds is 3. The molecule has 1 aromatic carbocycles. The molecule has 0 aliphatic heterocycles. The molecule has 5 heteroatoms. The van der Waals surface area contributed by atoms with Gasteiger partial charge in [-0.05, 0) is 56.1 Å². The molecule has 0 spiro atoms. The van der Waals surface area contributed by atoms with Crippen LogP contribution in [0.25, 0.3) is 10.9 Å². The normalized spacial score (nSPS) is 22.2. The first-order valence-electron chi connectivity index (χ1n) is 9.45. The molecule has 2 aromatic rings. The van der Waals surface area contributed by atoms with Crippen molar-refractivity contribution in [1.29, 1.82) is 0 Å². The van der Waals surface area contributed by atoms with Gasteiger partial charge in [-0.25, -0.2) is 4.98 Å². The summed E-state index contributed by atoms with van der Waals surface area (Å²) in [5, 5.41) is 0.537. The van der Waals surface area contributed by atoms with Crippen LogP contribution in [0, 0.1) is 17.3 Å². The Balaban J connectivity index is 1.66. The number of aromatic amines is 1. The van der Waals surface area contributed by atoms with Crippen LogP contribution in [0.15, 0.2) is 29.1 Å². The first kappa shape index (κ1) is 18.6. The Morgan fingerprint density at radius 3 is 2.50 bits per heavy atom. The maximum Gasteiger partial charge on any atom is 0.309 e. The molecule has 1 fully saturated rings. The smallest absolute Gasteiger partial charge is 0.309 e. The maximum atomic E-state index is 12.5. The number of aromatic nitrogens is 2. The first-order chi connectivity index (χ1) is 12.3. The summed E-state index contributed by atoms with van der Waals surface area (Å²) in [6.07, 6.45) is 3.29. The molecule has 1 aliphatic rings. The molecular weight excluding hydrogens is 328 g/mol. The van der Waals surface area contributed by atoms with Crippen molar-refractivity contribution in [1.82, 2.24) is 9.97 Å². The minimum absolute atomic E-state index is 0.0526. The van der Waals surface area contributed by atoms with Crippen LogP contribution in [0.2, 0.25) is 0 Å².